The Bertz CT molecular complexity index is 391. The SMILES string of the molecule is COC1(C#Cc2ccccn2)CCNCC1.Cl. The lowest BCUT2D eigenvalue weighted by atomic mass is 9.92. The lowest BCUT2D eigenvalue weighted by molar-refractivity contribution is 0.0159. The van der Waals surface area contributed by atoms with Crippen molar-refractivity contribution >= 4 is 12.4 Å². The van der Waals surface area contributed by atoms with Gasteiger partial charge in [0.2, 0.25) is 0 Å². The van der Waals surface area contributed by atoms with E-state index in [4.69, 9.17) is 4.74 Å². The molecule has 0 aliphatic carbocycles. The van der Waals surface area contributed by atoms with Gasteiger partial charge in [-0.25, -0.2) is 4.98 Å². The summed E-state index contributed by atoms with van der Waals surface area (Å²) >= 11 is 0. The number of aromatic nitrogens is 1. The molecule has 0 saturated carbocycles. The predicted molar refractivity (Wildman–Crippen MR) is 70.2 cm³/mol. The van der Waals surface area contributed by atoms with E-state index in [1.165, 1.54) is 0 Å². The summed E-state index contributed by atoms with van der Waals surface area (Å²) < 4.78 is 5.56. The summed E-state index contributed by atoms with van der Waals surface area (Å²) in [6.07, 6.45) is 3.62. The van der Waals surface area contributed by atoms with Crippen molar-refractivity contribution in [1.29, 1.82) is 0 Å². The number of hydrogen-bond acceptors (Lipinski definition) is 3. The molecule has 92 valence electrons. The van der Waals surface area contributed by atoms with Crippen LogP contribution in [0.2, 0.25) is 0 Å². The Balaban J connectivity index is 0.00000144. The van der Waals surface area contributed by atoms with E-state index in [0.717, 1.165) is 31.6 Å². The van der Waals surface area contributed by atoms with E-state index in [2.05, 4.69) is 22.1 Å². The van der Waals surface area contributed by atoms with Gasteiger partial charge in [-0.1, -0.05) is 12.0 Å². The Kier molecular flexibility index (Phi) is 5.43. The lowest BCUT2D eigenvalue weighted by Gasteiger charge is -2.31. The molecule has 1 saturated heterocycles. The van der Waals surface area contributed by atoms with Crippen molar-refractivity contribution in [2.75, 3.05) is 20.2 Å². The van der Waals surface area contributed by atoms with Gasteiger partial charge in [0.15, 0.2) is 0 Å². The van der Waals surface area contributed by atoms with Crippen LogP contribution in [-0.2, 0) is 4.74 Å². The number of piperidine rings is 1. The van der Waals surface area contributed by atoms with Crippen LogP contribution in [0.3, 0.4) is 0 Å². The summed E-state index contributed by atoms with van der Waals surface area (Å²) in [5, 5.41) is 3.31. The minimum atomic E-state index is -0.289. The number of rotatable bonds is 1. The molecule has 2 heterocycles. The van der Waals surface area contributed by atoms with E-state index in [-0.39, 0.29) is 18.0 Å². The Morgan fingerprint density at radius 1 is 1.35 bits per heavy atom. The zero-order valence-corrected chi connectivity index (χ0v) is 10.7. The van der Waals surface area contributed by atoms with Gasteiger partial charge in [0.25, 0.3) is 0 Å². The van der Waals surface area contributed by atoms with Gasteiger partial charge >= 0.3 is 0 Å². The van der Waals surface area contributed by atoms with Crippen LogP contribution in [0, 0.1) is 11.8 Å². The molecule has 0 amide bonds. The van der Waals surface area contributed by atoms with E-state index in [0.29, 0.717) is 0 Å². The van der Waals surface area contributed by atoms with Gasteiger partial charge in [0.05, 0.1) is 0 Å². The Labute approximate surface area is 108 Å². The van der Waals surface area contributed by atoms with Crippen molar-refractivity contribution in [3.05, 3.63) is 30.1 Å². The predicted octanol–water partition coefficient (Wildman–Crippen LogP) is 1.62. The van der Waals surface area contributed by atoms with Crippen molar-refractivity contribution < 1.29 is 4.74 Å². The van der Waals surface area contributed by atoms with E-state index in [9.17, 15) is 0 Å². The zero-order chi connectivity index (χ0) is 11.3. The van der Waals surface area contributed by atoms with Crippen molar-refractivity contribution in [1.82, 2.24) is 10.3 Å². The van der Waals surface area contributed by atoms with Gasteiger partial charge < -0.3 is 10.1 Å². The maximum Gasteiger partial charge on any atom is 0.131 e. The second-order valence-electron chi connectivity index (χ2n) is 3.91. The fourth-order valence-corrected chi connectivity index (χ4v) is 1.83. The summed E-state index contributed by atoms with van der Waals surface area (Å²) in [6.45, 7) is 1.93. The molecule has 2 rings (SSSR count). The van der Waals surface area contributed by atoms with E-state index >= 15 is 0 Å². The minimum absolute atomic E-state index is 0. The molecule has 4 heteroatoms. The van der Waals surface area contributed by atoms with Crippen LogP contribution in [0.4, 0.5) is 0 Å². The third-order valence-electron chi connectivity index (χ3n) is 2.89. The third kappa shape index (κ3) is 3.71. The zero-order valence-electron chi connectivity index (χ0n) is 9.90. The summed E-state index contributed by atoms with van der Waals surface area (Å²) in [5.74, 6) is 6.32. The molecule has 1 aromatic rings. The fourth-order valence-electron chi connectivity index (χ4n) is 1.83. The van der Waals surface area contributed by atoms with Crippen LogP contribution in [0.5, 0.6) is 0 Å². The largest absolute Gasteiger partial charge is 0.365 e. The molecule has 3 nitrogen and oxygen atoms in total. The molecule has 1 aliphatic rings. The van der Waals surface area contributed by atoms with E-state index in [1.54, 1.807) is 13.3 Å². The first kappa shape index (κ1) is 14.0. The Morgan fingerprint density at radius 2 is 2.12 bits per heavy atom. The number of ether oxygens (including phenoxy) is 1. The first-order chi connectivity index (χ1) is 7.85. The van der Waals surface area contributed by atoms with Crippen LogP contribution in [0.15, 0.2) is 24.4 Å². The standard InChI is InChI=1S/C13H16N2O.ClH/c1-16-13(7-10-14-11-8-13)6-5-12-4-2-3-9-15-12;/h2-4,9,14H,7-8,10-11H2,1H3;1H. The van der Waals surface area contributed by atoms with Crippen LogP contribution in [0.1, 0.15) is 18.5 Å². The monoisotopic (exact) mass is 252 g/mol. The summed E-state index contributed by atoms with van der Waals surface area (Å²) in [5.41, 5.74) is 0.514. The van der Waals surface area contributed by atoms with Crippen molar-refractivity contribution in [3.63, 3.8) is 0 Å². The average Bonchev–Trinajstić information content (AvgIpc) is 2.39. The molecule has 1 aliphatic heterocycles. The van der Waals surface area contributed by atoms with Gasteiger partial charge in [-0.2, -0.15) is 0 Å². The molecule has 0 radical (unpaired) electrons. The number of methoxy groups -OCH3 is 1. The number of halogens is 1. The summed E-state index contributed by atoms with van der Waals surface area (Å²) in [6, 6.07) is 5.75. The van der Waals surface area contributed by atoms with Gasteiger partial charge in [-0.15, -0.1) is 12.4 Å². The van der Waals surface area contributed by atoms with Gasteiger partial charge in [-0.05, 0) is 31.1 Å². The topological polar surface area (TPSA) is 34.1 Å². The normalized spacial score (nSPS) is 17.5. The van der Waals surface area contributed by atoms with Gasteiger partial charge in [0.1, 0.15) is 11.3 Å². The quantitative estimate of drug-likeness (QED) is 0.772. The van der Waals surface area contributed by atoms with Gasteiger partial charge in [-0.3, -0.25) is 0 Å². The van der Waals surface area contributed by atoms with Crippen molar-refractivity contribution in [2.24, 2.45) is 0 Å². The number of nitrogens with zero attached hydrogens (tertiary/aromatic N) is 1. The smallest absolute Gasteiger partial charge is 0.131 e. The first-order valence-corrected chi connectivity index (χ1v) is 5.55. The molecule has 0 unspecified atom stereocenters. The molecule has 0 atom stereocenters. The second kappa shape index (κ2) is 6.61. The fraction of sp³-hybridized carbons (Fsp3) is 0.462. The highest BCUT2D eigenvalue weighted by Gasteiger charge is 2.29. The van der Waals surface area contributed by atoms with Crippen LogP contribution >= 0.6 is 12.4 Å². The maximum absolute atomic E-state index is 5.56. The van der Waals surface area contributed by atoms with Gasteiger partial charge in [0, 0.05) is 26.1 Å². The highest BCUT2D eigenvalue weighted by Crippen LogP contribution is 2.21. The van der Waals surface area contributed by atoms with Crippen LogP contribution in [0.25, 0.3) is 0 Å². The minimum Gasteiger partial charge on any atom is -0.365 e. The summed E-state index contributed by atoms with van der Waals surface area (Å²) in [4.78, 5) is 4.18. The number of pyridine rings is 1. The first-order valence-electron chi connectivity index (χ1n) is 5.55. The van der Waals surface area contributed by atoms with Crippen LogP contribution in [-0.4, -0.2) is 30.8 Å². The highest BCUT2D eigenvalue weighted by molar-refractivity contribution is 5.85. The molecular weight excluding hydrogens is 236 g/mol. The molecule has 0 spiro atoms. The maximum atomic E-state index is 5.56. The molecule has 1 N–H and O–H groups in total. The van der Waals surface area contributed by atoms with Crippen molar-refractivity contribution in [3.8, 4) is 11.8 Å². The molecule has 0 bridgehead atoms. The second-order valence-corrected chi connectivity index (χ2v) is 3.91. The average molecular weight is 253 g/mol. The Morgan fingerprint density at radius 3 is 2.71 bits per heavy atom. The lowest BCUT2D eigenvalue weighted by Crippen LogP contribution is -2.42. The molecule has 1 aromatic heterocycles. The van der Waals surface area contributed by atoms with E-state index in [1.807, 2.05) is 18.2 Å². The summed E-state index contributed by atoms with van der Waals surface area (Å²) in [7, 11) is 1.73. The molecule has 1 fully saturated rings. The van der Waals surface area contributed by atoms with Crippen LogP contribution < -0.4 is 5.32 Å². The Hall–Kier alpha value is -1.08. The van der Waals surface area contributed by atoms with Crippen molar-refractivity contribution in [2.45, 2.75) is 18.4 Å². The molecular formula is C13H17ClN2O. The number of nitrogens with one attached hydrogen (secondary N) is 1. The molecule has 0 aromatic carbocycles. The highest BCUT2D eigenvalue weighted by atomic mass is 35.5. The third-order valence-corrected chi connectivity index (χ3v) is 2.89. The number of hydrogen-bond donors (Lipinski definition) is 1. The van der Waals surface area contributed by atoms with E-state index < -0.39 is 0 Å². The molecule has 17 heavy (non-hydrogen) atoms.